The Kier molecular flexibility index (Phi) is 3.81. The summed E-state index contributed by atoms with van der Waals surface area (Å²) in [4.78, 5) is 11.0. The van der Waals surface area contributed by atoms with Gasteiger partial charge in [-0.05, 0) is 56.0 Å². The number of aliphatic carboxylic acids is 1. The lowest BCUT2D eigenvalue weighted by atomic mass is 9.75. The Morgan fingerprint density at radius 1 is 1.43 bits per heavy atom. The summed E-state index contributed by atoms with van der Waals surface area (Å²) in [5.74, 6) is -0.558. The van der Waals surface area contributed by atoms with E-state index in [1.807, 2.05) is 13.8 Å². The van der Waals surface area contributed by atoms with Crippen molar-refractivity contribution in [2.24, 2.45) is 17.3 Å². The van der Waals surface area contributed by atoms with E-state index in [1.165, 1.54) is 0 Å². The Hall–Kier alpha value is 0.170. The van der Waals surface area contributed by atoms with Gasteiger partial charge in [0, 0.05) is 0 Å². The largest absolute Gasteiger partial charge is 0.481 e. The van der Waals surface area contributed by atoms with Crippen LogP contribution in [-0.2, 0) is 4.79 Å². The second kappa shape index (κ2) is 4.35. The first-order valence-electron chi connectivity index (χ1n) is 4.61. The molecule has 0 aromatic carbocycles. The van der Waals surface area contributed by atoms with Gasteiger partial charge in [0.25, 0.3) is 0 Å². The van der Waals surface area contributed by atoms with Crippen LogP contribution >= 0.6 is 31.9 Å². The van der Waals surface area contributed by atoms with Crippen molar-refractivity contribution < 1.29 is 9.90 Å². The minimum atomic E-state index is -0.670. The van der Waals surface area contributed by atoms with Crippen molar-refractivity contribution >= 4 is 37.8 Å². The predicted molar refractivity (Wildman–Crippen MR) is 63.6 cm³/mol. The van der Waals surface area contributed by atoms with Crippen molar-refractivity contribution in [1.29, 1.82) is 0 Å². The van der Waals surface area contributed by atoms with Crippen molar-refractivity contribution in [1.82, 2.24) is 0 Å². The van der Waals surface area contributed by atoms with Gasteiger partial charge in [-0.25, -0.2) is 0 Å². The number of allylic oxidation sites excluding steroid dienone is 1. The van der Waals surface area contributed by atoms with E-state index >= 15 is 0 Å². The number of hydrogen-bond donors (Lipinski definition) is 1. The Morgan fingerprint density at radius 3 is 2.36 bits per heavy atom. The maximum atomic E-state index is 11.0. The lowest BCUT2D eigenvalue weighted by Crippen LogP contribution is -2.29. The Balaban J connectivity index is 2.86. The lowest BCUT2D eigenvalue weighted by molar-refractivity contribution is -0.145. The topological polar surface area (TPSA) is 37.3 Å². The van der Waals surface area contributed by atoms with Gasteiger partial charge in [-0.2, -0.15) is 0 Å². The Bertz CT molecular complexity index is 267. The number of rotatable bonds is 2. The molecule has 0 spiro atoms. The SMILES string of the molecule is CC1(C)C(C=C(Br)Br)CCC1C(=O)O. The van der Waals surface area contributed by atoms with E-state index in [1.54, 1.807) is 0 Å². The van der Waals surface area contributed by atoms with Crippen molar-refractivity contribution in [2.75, 3.05) is 0 Å². The van der Waals surface area contributed by atoms with Crippen LogP contribution in [0, 0.1) is 17.3 Å². The lowest BCUT2D eigenvalue weighted by Gasteiger charge is -2.29. The van der Waals surface area contributed by atoms with Crippen LogP contribution in [0.1, 0.15) is 26.7 Å². The highest BCUT2D eigenvalue weighted by atomic mass is 79.9. The summed E-state index contributed by atoms with van der Waals surface area (Å²) in [6, 6.07) is 0. The van der Waals surface area contributed by atoms with Crippen molar-refractivity contribution in [3.05, 3.63) is 9.47 Å². The highest BCUT2D eigenvalue weighted by molar-refractivity contribution is 9.28. The summed E-state index contributed by atoms with van der Waals surface area (Å²) >= 11 is 6.65. The van der Waals surface area contributed by atoms with Gasteiger partial charge in [0.2, 0.25) is 0 Å². The highest BCUT2D eigenvalue weighted by Gasteiger charge is 2.45. The fourth-order valence-corrected chi connectivity index (χ4v) is 2.88. The Morgan fingerprint density at radius 2 is 2.00 bits per heavy atom. The minimum Gasteiger partial charge on any atom is -0.481 e. The first-order chi connectivity index (χ1) is 6.35. The maximum Gasteiger partial charge on any atom is 0.307 e. The van der Waals surface area contributed by atoms with E-state index < -0.39 is 5.97 Å². The maximum absolute atomic E-state index is 11.0. The molecule has 14 heavy (non-hydrogen) atoms. The number of halogens is 2. The second-order valence-corrected chi connectivity index (χ2v) is 7.13. The molecular weight excluding hydrogens is 312 g/mol. The number of carboxylic acids is 1. The molecule has 0 aromatic rings. The normalized spacial score (nSPS) is 30.0. The highest BCUT2D eigenvalue weighted by Crippen LogP contribution is 2.49. The van der Waals surface area contributed by atoms with Crippen molar-refractivity contribution in [3.63, 3.8) is 0 Å². The standard InChI is InChI=1S/C10H14Br2O2/c1-10(2)6(5-8(11)12)3-4-7(10)9(13)14/h5-7H,3-4H2,1-2H3,(H,13,14). The molecule has 0 aromatic heterocycles. The first-order valence-corrected chi connectivity index (χ1v) is 6.20. The van der Waals surface area contributed by atoms with E-state index in [4.69, 9.17) is 5.11 Å². The monoisotopic (exact) mass is 324 g/mol. The Labute approximate surface area is 101 Å². The van der Waals surface area contributed by atoms with Crippen molar-refractivity contribution in [3.8, 4) is 0 Å². The zero-order valence-electron chi connectivity index (χ0n) is 8.26. The molecule has 1 aliphatic carbocycles. The van der Waals surface area contributed by atoms with Gasteiger partial charge in [0.15, 0.2) is 0 Å². The number of carboxylic acid groups (broad SMARTS) is 1. The molecule has 1 aliphatic rings. The van der Waals surface area contributed by atoms with Crippen LogP contribution in [0.3, 0.4) is 0 Å². The molecule has 2 nitrogen and oxygen atoms in total. The van der Waals surface area contributed by atoms with E-state index in [9.17, 15) is 4.79 Å². The third kappa shape index (κ3) is 2.40. The molecule has 0 aliphatic heterocycles. The zero-order chi connectivity index (χ0) is 10.9. The molecule has 2 unspecified atom stereocenters. The molecule has 1 fully saturated rings. The molecular formula is C10H14Br2O2. The van der Waals surface area contributed by atoms with Crippen LogP contribution in [0.15, 0.2) is 9.47 Å². The minimum absolute atomic E-state index is 0.154. The summed E-state index contributed by atoms with van der Waals surface area (Å²) in [5.41, 5.74) is -0.154. The molecule has 2 atom stereocenters. The molecule has 4 heteroatoms. The van der Waals surface area contributed by atoms with Crippen LogP contribution < -0.4 is 0 Å². The van der Waals surface area contributed by atoms with E-state index in [2.05, 4.69) is 37.9 Å². The quantitative estimate of drug-likeness (QED) is 0.839. The molecule has 80 valence electrons. The van der Waals surface area contributed by atoms with E-state index in [-0.39, 0.29) is 11.3 Å². The predicted octanol–water partition coefficient (Wildman–Crippen LogP) is 3.75. The zero-order valence-corrected chi connectivity index (χ0v) is 11.4. The summed E-state index contributed by atoms with van der Waals surface area (Å²) < 4.78 is 0.911. The molecule has 0 amide bonds. The van der Waals surface area contributed by atoms with Gasteiger partial charge in [-0.1, -0.05) is 19.9 Å². The second-order valence-electron chi connectivity index (χ2n) is 4.35. The van der Waals surface area contributed by atoms with Gasteiger partial charge in [0.1, 0.15) is 0 Å². The summed E-state index contributed by atoms with van der Waals surface area (Å²) in [6.45, 7) is 4.06. The van der Waals surface area contributed by atoms with Gasteiger partial charge in [-0.3, -0.25) is 4.79 Å². The van der Waals surface area contributed by atoms with Crippen LogP contribution in [0.2, 0.25) is 0 Å². The van der Waals surface area contributed by atoms with Gasteiger partial charge in [-0.15, -0.1) is 0 Å². The molecule has 0 heterocycles. The summed E-state index contributed by atoms with van der Waals surface area (Å²) in [6.07, 6.45) is 3.78. The van der Waals surface area contributed by atoms with E-state index in [0.717, 1.165) is 16.2 Å². The number of carbonyl (C=O) groups is 1. The third-order valence-corrected chi connectivity index (χ3v) is 3.77. The average Bonchev–Trinajstić information content (AvgIpc) is 2.26. The molecule has 0 saturated heterocycles. The van der Waals surface area contributed by atoms with Crippen LogP contribution in [0.25, 0.3) is 0 Å². The number of hydrogen-bond acceptors (Lipinski definition) is 1. The molecule has 1 rings (SSSR count). The summed E-state index contributed by atoms with van der Waals surface area (Å²) in [5, 5.41) is 9.06. The fourth-order valence-electron chi connectivity index (χ4n) is 2.24. The van der Waals surface area contributed by atoms with Crippen LogP contribution in [-0.4, -0.2) is 11.1 Å². The summed E-state index contributed by atoms with van der Waals surface area (Å²) in [7, 11) is 0. The van der Waals surface area contributed by atoms with Gasteiger partial charge in [0.05, 0.1) is 9.31 Å². The van der Waals surface area contributed by atoms with Crippen LogP contribution in [0.5, 0.6) is 0 Å². The van der Waals surface area contributed by atoms with Crippen molar-refractivity contribution in [2.45, 2.75) is 26.7 Å². The molecule has 0 bridgehead atoms. The molecule has 1 N–H and O–H groups in total. The van der Waals surface area contributed by atoms with E-state index in [0.29, 0.717) is 5.92 Å². The average molecular weight is 326 g/mol. The fraction of sp³-hybridized carbons (Fsp3) is 0.700. The van der Waals surface area contributed by atoms with Crippen LogP contribution in [0.4, 0.5) is 0 Å². The van der Waals surface area contributed by atoms with Gasteiger partial charge >= 0.3 is 5.97 Å². The third-order valence-electron chi connectivity index (χ3n) is 3.25. The smallest absolute Gasteiger partial charge is 0.307 e. The molecule has 1 saturated carbocycles. The van der Waals surface area contributed by atoms with Gasteiger partial charge < -0.3 is 5.11 Å². The first kappa shape index (κ1) is 12.2. The molecule has 0 radical (unpaired) electrons.